The van der Waals surface area contributed by atoms with E-state index in [1.807, 2.05) is 13.8 Å². The third-order valence-corrected chi connectivity index (χ3v) is 4.23. The highest BCUT2D eigenvalue weighted by molar-refractivity contribution is 6.05. The van der Waals surface area contributed by atoms with Crippen LogP contribution in [0.4, 0.5) is 14.9 Å². The van der Waals surface area contributed by atoms with Gasteiger partial charge in [-0.25, -0.2) is 9.18 Å². The molecule has 2 aromatic rings. The first-order valence-corrected chi connectivity index (χ1v) is 8.07. The van der Waals surface area contributed by atoms with Gasteiger partial charge >= 0.3 is 6.09 Å². The van der Waals surface area contributed by atoms with Crippen molar-refractivity contribution in [2.45, 2.75) is 32.9 Å². The lowest BCUT2D eigenvalue weighted by molar-refractivity contribution is 0.102. The van der Waals surface area contributed by atoms with Crippen LogP contribution in [0.15, 0.2) is 30.5 Å². The van der Waals surface area contributed by atoms with Crippen LogP contribution in [0.25, 0.3) is 0 Å². The fourth-order valence-corrected chi connectivity index (χ4v) is 3.04. The van der Waals surface area contributed by atoms with Gasteiger partial charge in [0.05, 0.1) is 23.5 Å². The Morgan fingerprint density at radius 3 is 2.64 bits per heavy atom. The molecule has 1 amide bonds. The molecule has 0 spiro atoms. The summed E-state index contributed by atoms with van der Waals surface area (Å²) >= 11 is 0. The van der Waals surface area contributed by atoms with Crippen molar-refractivity contribution in [1.82, 2.24) is 9.88 Å². The monoisotopic (exact) mass is 345 g/mol. The molecule has 0 radical (unpaired) electrons. The van der Waals surface area contributed by atoms with Gasteiger partial charge < -0.3 is 15.4 Å². The maximum Gasteiger partial charge on any atom is 0.418 e. The summed E-state index contributed by atoms with van der Waals surface area (Å²) in [6.45, 7) is 6.44. The highest BCUT2D eigenvalue weighted by atomic mass is 19.1. The first kappa shape index (κ1) is 17.2. The van der Waals surface area contributed by atoms with E-state index in [9.17, 15) is 14.0 Å². The fraction of sp³-hybridized carbons (Fsp3) is 0.333. The molecular weight excluding hydrogens is 325 g/mol. The Balaban J connectivity index is 1.95. The second-order valence-electron chi connectivity index (χ2n) is 6.38. The first-order chi connectivity index (χ1) is 11.8. The molecule has 1 aliphatic heterocycles. The van der Waals surface area contributed by atoms with Gasteiger partial charge in [0, 0.05) is 23.9 Å². The summed E-state index contributed by atoms with van der Waals surface area (Å²) < 4.78 is 19.5. The molecule has 132 valence electrons. The number of hydrogen-bond acceptors (Lipinski definition) is 4. The number of carbonyl (C=O) groups is 2. The number of ether oxygens (including phenoxy) is 1. The molecule has 0 saturated carbocycles. The summed E-state index contributed by atoms with van der Waals surface area (Å²) in [6.07, 6.45) is 1.09. The second kappa shape index (κ2) is 6.33. The van der Waals surface area contributed by atoms with Crippen LogP contribution in [-0.2, 0) is 16.8 Å². The van der Waals surface area contributed by atoms with E-state index in [1.165, 1.54) is 28.8 Å². The molecule has 0 saturated heterocycles. The molecule has 7 heteroatoms. The number of nitrogens with one attached hydrogen (secondary N) is 2. The van der Waals surface area contributed by atoms with Crippen LogP contribution in [0, 0.1) is 5.82 Å². The van der Waals surface area contributed by atoms with Crippen molar-refractivity contribution in [2.75, 3.05) is 11.9 Å². The van der Waals surface area contributed by atoms with Crippen molar-refractivity contribution in [3.63, 3.8) is 0 Å². The molecule has 2 heterocycles. The summed E-state index contributed by atoms with van der Waals surface area (Å²) in [7, 11) is 0. The normalized spacial score (nSPS) is 14.9. The van der Waals surface area contributed by atoms with Gasteiger partial charge in [-0.1, -0.05) is 0 Å². The van der Waals surface area contributed by atoms with Crippen molar-refractivity contribution in [1.29, 1.82) is 0 Å². The Morgan fingerprint density at radius 2 is 2.00 bits per heavy atom. The average molecular weight is 345 g/mol. The van der Waals surface area contributed by atoms with Gasteiger partial charge in [-0.15, -0.1) is 0 Å². The van der Waals surface area contributed by atoms with Crippen molar-refractivity contribution >= 4 is 17.7 Å². The topological polar surface area (TPSA) is 72.4 Å². The second-order valence-corrected chi connectivity index (χ2v) is 6.38. The zero-order valence-electron chi connectivity index (χ0n) is 14.4. The quantitative estimate of drug-likeness (QED) is 0.896. The van der Waals surface area contributed by atoms with Crippen molar-refractivity contribution < 1.29 is 18.7 Å². The maximum atomic E-state index is 13.0. The minimum absolute atomic E-state index is 0.261. The molecule has 0 fully saturated rings. The number of benzene rings is 1. The van der Waals surface area contributed by atoms with E-state index in [1.54, 1.807) is 13.1 Å². The average Bonchev–Trinajstić information content (AvgIpc) is 3.07. The minimum Gasteiger partial charge on any atom is -0.449 e. The van der Waals surface area contributed by atoms with Gasteiger partial charge in [0.25, 0.3) is 5.91 Å². The van der Waals surface area contributed by atoms with Gasteiger partial charge in [-0.3, -0.25) is 9.36 Å². The van der Waals surface area contributed by atoms with Gasteiger partial charge in [0.1, 0.15) is 5.82 Å². The predicted octanol–water partition coefficient (Wildman–Crippen LogP) is 3.22. The van der Waals surface area contributed by atoms with Crippen LogP contribution >= 0.6 is 0 Å². The van der Waals surface area contributed by atoms with Crippen LogP contribution in [-0.4, -0.2) is 23.2 Å². The molecule has 1 aliphatic rings. The lowest BCUT2D eigenvalue weighted by atomic mass is 10.0. The molecule has 0 unspecified atom stereocenters. The number of hydrogen-bond donors (Lipinski definition) is 2. The molecular formula is C18H20FN3O3. The molecule has 0 atom stereocenters. The van der Waals surface area contributed by atoms with E-state index in [0.29, 0.717) is 17.8 Å². The predicted molar refractivity (Wildman–Crippen MR) is 91.1 cm³/mol. The third kappa shape index (κ3) is 3.15. The van der Waals surface area contributed by atoms with E-state index in [4.69, 9.17) is 4.74 Å². The summed E-state index contributed by atoms with van der Waals surface area (Å²) in [5.41, 5.74) is 2.05. The van der Waals surface area contributed by atoms with Crippen LogP contribution in [0.5, 0.6) is 0 Å². The van der Waals surface area contributed by atoms with Gasteiger partial charge in [0.2, 0.25) is 0 Å². The number of fused-ring (bicyclic) bond motifs is 1. The van der Waals surface area contributed by atoms with Crippen molar-refractivity contribution in [3.05, 3.63) is 53.1 Å². The summed E-state index contributed by atoms with van der Waals surface area (Å²) in [6, 6.07) is 5.28. The molecule has 3 rings (SSSR count). The number of rotatable bonds is 3. The molecule has 0 bridgehead atoms. The first-order valence-electron chi connectivity index (χ1n) is 8.07. The highest BCUT2D eigenvalue weighted by Gasteiger charge is 2.37. The van der Waals surface area contributed by atoms with E-state index < -0.39 is 17.4 Å². The van der Waals surface area contributed by atoms with Crippen LogP contribution in [0.2, 0.25) is 0 Å². The largest absolute Gasteiger partial charge is 0.449 e. The number of carbonyl (C=O) groups excluding carboxylic acids is 2. The number of amides is 1. The van der Waals surface area contributed by atoms with Crippen LogP contribution in [0.1, 0.15) is 42.4 Å². The lowest BCUT2D eigenvalue weighted by Crippen LogP contribution is -2.33. The summed E-state index contributed by atoms with van der Waals surface area (Å²) in [5.74, 6) is -0.773. The Bertz CT molecular complexity index is 825. The number of aromatic nitrogens is 1. The van der Waals surface area contributed by atoms with Gasteiger partial charge in [-0.2, -0.15) is 0 Å². The lowest BCUT2D eigenvalue weighted by Gasteiger charge is -2.21. The zero-order valence-corrected chi connectivity index (χ0v) is 14.4. The third-order valence-electron chi connectivity index (χ3n) is 4.23. The fourth-order valence-electron chi connectivity index (χ4n) is 3.04. The molecule has 6 nitrogen and oxygen atoms in total. The van der Waals surface area contributed by atoms with Crippen LogP contribution in [0.3, 0.4) is 0 Å². The number of anilines is 1. The molecule has 0 aliphatic carbocycles. The maximum absolute atomic E-state index is 13.0. The zero-order chi connectivity index (χ0) is 18.2. The van der Waals surface area contributed by atoms with Gasteiger partial charge in [-0.05, 0) is 45.0 Å². The minimum atomic E-state index is -0.488. The molecule has 1 aromatic carbocycles. The SMILES string of the molecule is CCOC(=O)n1cc(NC(=O)c2ccc(F)cc2)c2c1C(C)(C)NC2. The Kier molecular flexibility index (Phi) is 4.34. The van der Waals surface area contributed by atoms with E-state index in [-0.39, 0.29) is 12.5 Å². The molecule has 2 N–H and O–H groups in total. The van der Waals surface area contributed by atoms with E-state index in [0.717, 1.165) is 11.3 Å². The van der Waals surface area contributed by atoms with E-state index in [2.05, 4.69) is 10.6 Å². The summed E-state index contributed by atoms with van der Waals surface area (Å²) in [5, 5.41) is 6.11. The Morgan fingerprint density at radius 1 is 1.32 bits per heavy atom. The molecule has 1 aromatic heterocycles. The Labute approximate surface area is 145 Å². The number of halogens is 1. The summed E-state index contributed by atoms with van der Waals surface area (Å²) in [4.78, 5) is 24.7. The van der Waals surface area contributed by atoms with E-state index >= 15 is 0 Å². The van der Waals surface area contributed by atoms with Crippen LogP contribution < -0.4 is 10.6 Å². The number of nitrogens with zero attached hydrogens (tertiary/aromatic N) is 1. The Hall–Kier alpha value is -2.67. The smallest absolute Gasteiger partial charge is 0.418 e. The standard InChI is InChI=1S/C18H20FN3O3/c1-4-25-17(24)22-10-14(13-9-20-18(2,3)15(13)22)21-16(23)11-5-7-12(19)8-6-11/h5-8,10,20H,4,9H2,1-3H3,(H,21,23). The molecule has 25 heavy (non-hydrogen) atoms. The highest BCUT2D eigenvalue weighted by Crippen LogP contribution is 2.37. The van der Waals surface area contributed by atoms with Crippen molar-refractivity contribution in [3.8, 4) is 0 Å². The van der Waals surface area contributed by atoms with Gasteiger partial charge in [0.15, 0.2) is 0 Å². The van der Waals surface area contributed by atoms with Crippen molar-refractivity contribution in [2.24, 2.45) is 0 Å².